The number of allylic oxidation sites excluding steroid dienone is 3. The van der Waals surface area contributed by atoms with E-state index in [1.807, 2.05) is 13.0 Å². The average Bonchev–Trinajstić information content (AvgIpc) is 3.76. The number of alkyl carbamates (subject to hydrolysis) is 1. The van der Waals surface area contributed by atoms with E-state index in [9.17, 15) is 24.3 Å². The van der Waals surface area contributed by atoms with Gasteiger partial charge >= 0.3 is 12.1 Å². The van der Waals surface area contributed by atoms with Gasteiger partial charge in [-0.05, 0) is 50.6 Å². The van der Waals surface area contributed by atoms with E-state index in [0.717, 1.165) is 11.1 Å². The fourth-order valence-electron chi connectivity index (χ4n) is 6.49. The molecule has 0 aromatic heterocycles. The minimum absolute atomic E-state index is 0.0489. The normalized spacial score (nSPS) is 30.7. The molecule has 3 aliphatic rings. The highest BCUT2D eigenvalue weighted by atomic mass is 35.5. The highest BCUT2D eigenvalue weighted by Gasteiger charge is 2.64. The second-order valence-corrected chi connectivity index (χ2v) is 14.2. The summed E-state index contributed by atoms with van der Waals surface area (Å²) in [6, 6.07) is 2.60. The van der Waals surface area contributed by atoms with E-state index in [1.54, 1.807) is 45.2 Å². The van der Waals surface area contributed by atoms with Gasteiger partial charge in [0.2, 0.25) is 11.8 Å². The molecule has 50 heavy (non-hydrogen) atoms. The van der Waals surface area contributed by atoms with Crippen molar-refractivity contribution in [3.8, 4) is 5.75 Å². The molecule has 1 aromatic carbocycles. The maximum absolute atomic E-state index is 14.0. The summed E-state index contributed by atoms with van der Waals surface area (Å²) in [6.07, 6.45) is 1.08. The first-order valence-corrected chi connectivity index (χ1v) is 17.5. The van der Waals surface area contributed by atoms with Crippen LogP contribution < -0.4 is 15.0 Å². The Morgan fingerprint density at radius 1 is 1.28 bits per heavy atom. The first-order valence-electron chi connectivity index (χ1n) is 16.4. The highest BCUT2D eigenvalue weighted by molar-refractivity contribution is 7.80. The van der Waals surface area contributed by atoms with Crippen LogP contribution in [0.25, 0.3) is 0 Å². The smallest absolute Gasteiger partial charge is 0.409 e. The number of carbonyl (C=O) groups is 4. The van der Waals surface area contributed by atoms with Gasteiger partial charge in [-0.2, -0.15) is 12.6 Å². The lowest BCUT2D eigenvalue weighted by atomic mass is 9.83. The summed E-state index contributed by atoms with van der Waals surface area (Å²) in [5, 5.41) is 14.4. The molecule has 4 rings (SSSR count). The largest absolute Gasteiger partial charge is 0.495 e. The fraction of sp³-hybridized carbons (Fsp3) is 0.600. The van der Waals surface area contributed by atoms with Crippen LogP contribution in [-0.2, 0) is 39.8 Å². The second-order valence-electron chi connectivity index (χ2n) is 13.4. The maximum Gasteiger partial charge on any atom is 0.409 e. The number of epoxide rings is 1. The van der Waals surface area contributed by atoms with Crippen LogP contribution in [0.1, 0.15) is 52.5 Å². The van der Waals surface area contributed by atoms with Gasteiger partial charge in [0, 0.05) is 40.0 Å². The monoisotopic (exact) mass is 737 g/mol. The van der Waals surface area contributed by atoms with Crippen molar-refractivity contribution in [2.75, 3.05) is 39.0 Å². The number of ether oxygens (including phenoxy) is 5. The molecule has 2 N–H and O–H groups in total. The van der Waals surface area contributed by atoms with E-state index >= 15 is 0 Å². The molecule has 3 aliphatic heterocycles. The molecule has 13 nitrogen and oxygen atoms in total. The number of carbonyl (C=O) groups excluding carboxylic acids is 4. The van der Waals surface area contributed by atoms with Crippen molar-refractivity contribution in [2.24, 2.45) is 5.92 Å². The molecule has 0 radical (unpaired) electrons. The number of thiol groups is 1. The number of esters is 1. The summed E-state index contributed by atoms with van der Waals surface area (Å²) in [5.74, 6) is -1.30. The van der Waals surface area contributed by atoms with Gasteiger partial charge in [0.1, 0.15) is 40.7 Å². The van der Waals surface area contributed by atoms with Crippen LogP contribution in [0.15, 0.2) is 35.9 Å². The van der Waals surface area contributed by atoms with Gasteiger partial charge in [0.05, 0.1) is 25.3 Å². The predicted octanol–water partition coefficient (Wildman–Crippen LogP) is 3.83. The third-order valence-corrected chi connectivity index (χ3v) is 10.5. The van der Waals surface area contributed by atoms with E-state index < -0.39 is 65.7 Å². The van der Waals surface area contributed by atoms with Crippen molar-refractivity contribution in [1.82, 2.24) is 10.2 Å². The number of methoxy groups -OCH3 is 2. The number of amides is 3. The molecule has 0 spiro atoms. The molecule has 0 saturated carbocycles. The van der Waals surface area contributed by atoms with Crippen LogP contribution in [0.4, 0.5) is 10.5 Å². The molecule has 276 valence electrons. The van der Waals surface area contributed by atoms with Gasteiger partial charge in [-0.1, -0.05) is 42.3 Å². The van der Waals surface area contributed by atoms with Crippen molar-refractivity contribution in [1.29, 1.82) is 0 Å². The Hall–Kier alpha value is -3.30. The molecule has 2 saturated heterocycles. The third-order valence-electron chi connectivity index (χ3n) is 9.85. The van der Waals surface area contributed by atoms with Gasteiger partial charge in [-0.3, -0.25) is 14.9 Å². The second kappa shape index (κ2) is 15.9. The van der Waals surface area contributed by atoms with Gasteiger partial charge in [-0.25, -0.2) is 9.59 Å². The molecular weight excluding hydrogens is 690 g/mol. The molecule has 3 heterocycles. The molecule has 8 atom stereocenters. The standard InChI is InChI=1S/C35H48ClN3O10S/c1-19-10-9-11-26(46-8)35(44)18-25(47-33(43)37-35)20(2)31-34(4,49-31)27(48-32(42)21(3)38(5)28(40)12-13-50)17-29(41)39(6)23-15-22(14-19)16-24(45-7)30(23)36/h9-11,15-16,20-21,25-27,31,44,50H,12-14,17-18H2,1-8H3,(H,37,43)/t20-,21+,25?,26-,27+,31?,34?,35+/m1/s1. The first-order chi connectivity index (χ1) is 23.5. The summed E-state index contributed by atoms with van der Waals surface area (Å²) >= 11 is 10.8. The third kappa shape index (κ3) is 8.42. The Balaban J connectivity index is 1.78. The van der Waals surface area contributed by atoms with Gasteiger partial charge in [-0.15, -0.1) is 0 Å². The summed E-state index contributed by atoms with van der Waals surface area (Å²) in [6.45, 7) is 6.96. The topological polar surface area (TPSA) is 156 Å². The Morgan fingerprint density at radius 2 is 1.98 bits per heavy atom. The summed E-state index contributed by atoms with van der Waals surface area (Å²) < 4.78 is 29.0. The van der Waals surface area contributed by atoms with E-state index in [2.05, 4.69) is 17.9 Å². The number of benzene rings is 1. The SMILES string of the molecule is COc1cc2cc(c1Cl)N(C)C(=O)C[C@H](OC(=O)[C@H](C)N(C)C(=O)CCS)C1(C)OC1[C@H](C)C1C[C@@](O)(NC(=O)O1)[C@H](OC)C=CC=C(C)C2. The number of aliphatic hydroxyl groups is 1. The van der Waals surface area contributed by atoms with Crippen LogP contribution in [0.5, 0.6) is 5.75 Å². The van der Waals surface area contributed by atoms with Crippen molar-refractivity contribution in [3.05, 3.63) is 46.5 Å². The number of hydrogen-bond acceptors (Lipinski definition) is 11. The summed E-state index contributed by atoms with van der Waals surface area (Å²) in [5.41, 5.74) is -0.903. The Morgan fingerprint density at radius 3 is 2.62 bits per heavy atom. The Labute approximate surface area is 303 Å². The molecular formula is C35H48ClN3O10S. The lowest BCUT2D eigenvalue weighted by molar-refractivity contribution is -0.161. The summed E-state index contributed by atoms with van der Waals surface area (Å²) in [4.78, 5) is 55.6. The van der Waals surface area contributed by atoms with Crippen LogP contribution in [0.2, 0.25) is 5.02 Å². The molecule has 3 unspecified atom stereocenters. The zero-order valence-electron chi connectivity index (χ0n) is 29.7. The molecule has 4 bridgehead atoms. The van der Waals surface area contributed by atoms with Crippen molar-refractivity contribution >= 4 is 53.8 Å². The van der Waals surface area contributed by atoms with Crippen molar-refractivity contribution in [2.45, 2.75) is 95.2 Å². The van der Waals surface area contributed by atoms with Gasteiger partial charge < -0.3 is 38.6 Å². The number of hydrogen-bond donors (Lipinski definition) is 3. The number of fused-ring (bicyclic) bond motifs is 5. The number of halogens is 1. The highest BCUT2D eigenvalue weighted by Crippen LogP contribution is 2.49. The molecule has 1 aromatic rings. The molecule has 3 amide bonds. The molecule has 15 heteroatoms. The fourth-order valence-corrected chi connectivity index (χ4v) is 6.99. The zero-order valence-corrected chi connectivity index (χ0v) is 31.4. The van der Waals surface area contributed by atoms with E-state index in [-0.39, 0.29) is 30.2 Å². The Kier molecular flexibility index (Phi) is 12.6. The van der Waals surface area contributed by atoms with Crippen LogP contribution in [-0.4, -0.2) is 110 Å². The van der Waals surface area contributed by atoms with Crippen LogP contribution >= 0.6 is 24.2 Å². The van der Waals surface area contributed by atoms with Crippen molar-refractivity contribution < 1.29 is 48.0 Å². The zero-order chi connectivity index (χ0) is 37.1. The minimum atomic E-state index is -1.82. The maximum atomic E-state index is 14.0. The van der Waals surface area contributed by atoms with Crippen LogP contribution in [0.3, 0.4) is 0 Å². The predicted molar refractivity (Wildman–Crippen MR) is 189 cm³/mol. The molecule has 2 fully saturated rings. The number of anilines is 1. The number of nitrogens with one attached hydrogen (secondary N) is 1. The quantitative estimate of drug-likeness (QED) is 0.214. The van der Waals surface area contributed by atoms with E-state index in [1.165, 1.54) is 38.0 Å². The number of nitrogens with zero attached hydrogens (tertiary/aromatic N) is 2. The van der Waals surface area contributed by atoms with E-state index in [0.29, 0.717) is 23.6 Å². The van der Waals surface area contributed by atoms with E-state index in [4.69, 9.17) is 35.3 Å². The Bertz CT molecular complexity index is 1540. The number of likely N-dealkylation sites (N-methyl/N-ethyl adjacent to an activating group) is 1. The van der Waals surface area contributed by atoms with Crippen molar-refractivity contribution in [3.63, 3.8) is 0 Å². The lowest BCUT2D eigenvalue weighted by Crippen LogP contribution is -2.63. The average molecular weight is 738 g/mol. The lowest BCUT2D eigenvalue weighted by Gasteiger charge is -2.42. The summed E-state index contributed by atoms with van der Waals surface area (Å²) in [7, 11) is 5.98. The van der Waals surface area contributed by atoms with Crippen LogP contribution in [0, 0.1) is 5.92 Å². The van der Waals surface area contributed by atoms with Gasteiger partial charge in [0.15, 0.2) is 5.72 Å². The molecule has 0 aliphatic carbocycles. The number of rotatable bonds is 7. The first kappa shape index (κ1) is 39.5. The van der Waals surface area contributed by atoms with Gasteiger partial charge in [0.25, 0.3) is 0 Å². The minimum Gasteiger partial charge on any atom is -0.495 e.